The van der Waals surface area contributed by atoms with E-state index < -0.39 is 24.4 Å². The number of thiophene rings is 1. The molecule has 2 heterocycles. The molecule has 8 heteroatoms. The van der Waals surface area contributed by atoms with Gasteiger partial charge in [0, 0.05) is 4.88 Å². The monoisotopic (exact) mass is 405 g/mol. The number of alkyl halides is 2. The molecule has 1 amide bonds. The van der Waals surface area contributed by atoms with Crippen LogP contribution < -0.4 is 14.8 Å². The molecule has 1 aliphatic heterocycles. The molecule has 0 saturated carbocycles. The number of nitrogens with one attached hydrogen (secondary N) is 1. The van der Waals surface area contributed by atoms with E-state index in [1.54, 1.807) is 24.3 Å². The van der Waals surface area contributed by atoms with Crippen LogP contribution in [0.2, 0.25) is 0 Å². The van der Waals surface area contributed by atoms with E-state index in [9.17, 15) is 18.0 Å². The van der Waals surface area contributed by atoms with Crippen LogP contribution >= 0.6 is 11.3 Å². The van der Waals surface area contributed by atoms with E-state index in [1.165, 1.54) is 35.6 Å². The molecule has 28 heavy (non-hydrogen) atoms. The van der Waals surface area contributed by atoms with E-state index in [1.807, 2.05) is 6.92 Å². The standard InChI is InChI=1S/C20H14F3NO3S/c1-11-8-15-16(27-20(22,23)10-26-15)9-13(11)17-6-7-18(28-17)24-19(25)12-4-2-3-5-14(12)21/h2-9H,10H2,1H3,(H,24,25). The largest absolute Gasteiger partial charge is 0.479 e. The summed E-state index contributed by atoms with van der Waals surface area (Å²) < 4.78 is 50.4. The highest BCUT2D eigenvalue weighted by Gasteiger charge is 2.38. The number of halogens is 3. The molecule has 0 fully saturated rings. The van der Waals surface area contributed by atoms with Crippen molar-refractivity contribution in [3.8, 4) is 21.9 Å². The van der Waals surface area contributed by atoms with Crippen molar-refractivity contribution in [1.82, 2.24) is 0 Å². The van der Waals surface area contributed by atoms with E-state index >= 15 is 0 Å². The molecule has 4 nitrogen and oxygen atoms in total. The Labute approximate surface area is 162 Å². The highest BCUT2D eigenvalue weighted by molar-refractivity contribution is 7.19. The Balaban J connectivity index is 1.60. The van der Waals surface area contributed by atoms with Crippen LogP contribution in [0.1, 0.15) is 15.9 Å². The molecule has 0 saturated heterocycles. The third-order valence-electron chi connectivity index (χ3n) is 4.17. The molecule has 0 radical (unpaired) electrons. The van der Waals surface area contributed by atoms with Crippen molar-refractivity contribution in [1.29, 1.82) is 0 Å². The van der Waals surface area contributed by atoms with Crippen LogP contribution in [0, 0.1) is 12.7 Å². The SMILES string of the molecule is Cc1cc2c(cc1-c1ccc(NC(=O)c3ccccc3F)s1)OC(F)(F)CO2. The number of carbonyl (C=O) groups is 1. The third-order valence-corrected chi connectivity index (χ3v) is 5.21. The minimum atomic E-state index is -3.38. The number of benzene rings is 2. The summed E-state index contributed by atoms with van der Waals surface area (Å²) in [6, 6.07) is 12.2. The van der Waals surface area contributed by atoms with Gasteiger partial charge in [0.05, 0.1) is 10.6 Å². The molecular formula is C20H14F3NO3S. The number of fused-ring (bicyclic) bond motifs is 1. The molecule has 0 bridgehead atoms. The van der Waals surface area contributed by atoms with Crippen LogP contribution in [-0.4, -0.2) is 18.6 Å². The average molecular weight is 405 g/mol. The number of anilines is 1. The molecule has 1 aliphatic rings. The maximum absolute atomic E-state index is 13.7. The Hall–Kier alpha value is -3.00. The summed E-state index contributed by atoms with van der Waals surface area (Å²) in [4.78, 5) is 13.0. The van der Waals surface area contributed by atoms with Crippen molar-refractivity contribution < 1.29 is 27.4 Å². The summed E-state index contributed by atoms with van der Waals surface area (Å²) in [7, 11) is 0. The quantitative estimate of drug-likeness (QED) is 0.628. The van der Waals surface area contributed by atoms with Crippen molar-refractivity contribution in [2.75, 3.05) is 11.9 Å². The smallest absolute Gasteiger partial charge is 0.433 e. The zero-order valence-corrected chi connectivity index (χ0v) is 15.4. The summed E-state index contributed by atoms with van der Waals surface area (Å²) in [5.74, 6) is -0.954. The number of rotatable bonds is 3. The van der Waals surface area contributed by atoms with Gasteiger partial charge < -0.3 is 14.8 Å². The maximum Gasteiger partial charge on any atom is 0.433 e. The van der Waals surface area contributed by atoms with Crippen LogP contribution in [0.4, 0.5) is 18.2 Å². The predicted molar refractivity (Wildman–Crippen MR) is 99.9 cm³/mol. The first-order valence-corrected chi connectivity index (χ1v) is 9.14. The number of hydrogen-bond donors (Lipinski definition) is 1. The predicted octanol–water partition coefficient (Wildman–Crippen LogP) is 5.48. The number of aryl methyl sites for hydroxylation is 1. The highest BCUT2D eigenvalue weighted by atomic mass is 32.1. The number of carbonyl (C=O) groups excluding carboxylic acids is 1. The fourth-order valence-corrected chi connectivity index (χ4v) is 3.83. The Morgan fingerprint density at radius 1 is 1.14 bits per heavy atom. The topological polar surface area (TPSA) is 47.6 Å². The van der Waals surface area contributed by atoms with E-state index in [0.29, 0.717) is 10.6 Å². The first kappa shape index (κ1) is 18.4. The van der Waals surface area contributed by atoms with Crippen LogP contribution in [0.25, 0.3) is 10.4 Å². The second-order valence-electron chi connectivity index (χ2n) is 6.24. The average Bonchev–Trinajstić information content (AvgIpc) is 3.09. The summed E-state index contributed by atoms with van der Waals surface area (Å²) in [5.41, 5.74) is 1.42. The van der Waals surface area contributed by atoms with Crippen molar-refractivity contribution in [2.24, 2.45) is 0 Å². The van der Waals surface area contributed by atoms with Gasteiger partial charge in [-0.25, -0.2) is 4.39 Å². The van der Waals surface area contributed by atoms with Gasteiger partial charge in [-0.1, -0.05) is 12.1 Å². The molecule has 2 aromatic carbocycles. The van der Waals surface area contributed by atoms with Crippen LogP contribution in [-0.2, 0) is 0 Å². The Morgan fingerprint density at radius 2 is 1.93 bits per heavy atom. The van der Waals surface area contributed by atoms with Crippen molar-refractivity contribution in [2.45, 2.75) is 13.0 Å². The molecule has 0 aliphatic carbocycles. The maximum atomic E-state index is 13.7. The minimum absolute atomic E-state index is 0.0396. The second kappa shape index (κ2) is 6.87. The summed E-state index contributed by atoms with van der Waals surface area (Å²) in [5, 5.41) is 3.15. The van der Waals surface area contributed by atoms with Gasteiger partial charge in [-0.3, -0.25) is 4.79 Å². The van der Waals surface area contributed by atoms with Crippen molar-refractivity contribution >= 4 is 22.2 Å². The summed E-state index contributed by atoms with van der Waals surface area (Å²) in [6.45, 7) is 0.993. The fourth-order valence-electron chi connectivity index (χ4n) is 2.85. The Kier molecular flexibility index (Phi) is 4.50. The van der Waals surface area contributed by atoms with Gasteiger partial charge in [0.1, 0.15) is 5.82 Å². The number of ether oxygens (including phenoxy) is 2. The molecule has 0 atom stereocenters. The molecule has 0 spiro atoms. The van der Waals surface area contributed by atoms with E-state index in [-0.39, 0.29) is 17.1 Å². The Morgan fingerprint density at radius 3 is 2.71 bits per heavy atom. The first-order chi connectivity index (χ1) is 13.3. The molecule has 3 aromatic rings. The lowest BCUT2D eigenvalue weighted by Crippen LogP contribution is -2.36. The summed E-state index contributed by atoms with van der Waals surface area (Å²) in [6.07, 6.45) is -3.38. The lowest BCUT2D eigenvalue weighted by atomic mass is 10.1. The highest BCUT2D eigenvalue weighted by Crippen LogP contribution is 2.43. The van der Waals surface area contributed by atoms with E-state index in [0.717, 1.165) is 10.4 Å². The molecule has 144 valence electrons. The first-order valence-electron chi connectivity index (χ1n) is 8.33. The van der Waals surface area contributed by atoms with Gasteiger partial charge in [0.2, 0.25) is 0 Å². The number of amides is 1. The molecule has 4 rings (SSSR count). The van der Waals surface area contributed by atoms with Crippen LogP contribution in [0.3, 0.4) is 0 Å². The minimum Gasteiger partial charge on any atom is -0.479 e. The lowest BCUT2D eigenvalue weighted by molar-refractivity contribution is -0.208. The van der Waals surface area contributed by atoms with Crippen LogP contribution in [0.15, 0.2) is 48.5 Å². The summed E-state index contributed by atoms with van der Waals surface area (Å²) >= 11 is 1.24. The fraction of sp³-hybridized carbons (Fsp3) is 0.150. The second-order valence-corrected chi connectivity index (χ2v) is 7.32. The van der Waals surface area contributed by atoms with Gasteiger partial charge in [-0.05, 0) is 54.4 Å². The molecule has 0 unspecified atom stereocenters. The normalized spacial score (nSPS) is 14.6. The zero-order chi connectivity index (χ0) is 19.9. The van der Waals surface area contributed by atoms with Gasteiger partial charge in [0.25, 0.3) is 5.91 Å². The van der Waals surface area contributed by atoms with Gasteiger partial charge in [0.15, 0.2) is 18.1 Å². The molecule has 1 aromatic heterocycles. The van der Waals surface area contributed by atoms with E-state index in [4.69, 9.17) is 9.47 Å². The molecular weight excluding hydrogens is 391 g/mol. The zero-order valence-electron chi connectivity index (χ0n) is 14.6. The van der Waals surface area contributed by atoms with Crippen molar-refractivity contribution in [3.63, 3.8) is 0 Å². The molecule has 1 N–H and O–H groups in total. The van der Waals surface area contributed by atoms with Gasteiger partial charge in [-0.15, -0.1) is 11.3 Å². The third kappa shape index (κ3) is 3.55. The van der Waals surface area contributed by atoms with Crippen molar-refractivity contribution in [3.05, 3.63) is 65.5 Å². The van der Waals surface area contributed by atoms with Gasteiger partial charge in [-0.2, -0.15) is 8.78 Å². The van der Waals surface area contributed by atoms with Gasteiger partial charge >= 0.3 is 6.11 Å². The van der Waals surface area contributed by atoms with Crippen LogP contribution in [0.5, 0.6) is 11.5 Å². The lowest BCUT2D eigenvalue weighted by Gasteiger charge is -2.26. The number of hydrogen-bond acceptors (Lipinski definition) is 4. The Bertz CT molecular complexity index is 1060. The van der Waals surface area contributed by atoms with E-state index in [2.05, 4.69) is 5.32 Å².